The second kappa shape index (κ2) is 41.3. The minimum absolute atomic E-state index is 0.104. The van der Waals surface area contributed by atoms with Crippen LogP contribution in [0.2, 0.25) is 0 Å². The third kappa shape index (κ3) is 27.5. The maximum Gasteiger partial charge on any atom is 0.130 e. The van der Waals surface area contributed by atoms with Crippen molar-refractivity contribution in [2.24, 2.45) is 0 Å². The van der Waals surface area contributed by atoms with Crippen LogP contribution in [0.5, 0.6) is 11.5 Å². The van der Waals surface area contributed by atoms with Crippen molar-refractivity contribution in [1.82, 2.24) is 0 Å². The summed E-state index contributed by atoms with van der Waals surface area (Å²) in [5.74, 6) is 0.394. The van der Waals surface area contributed by atoms with Gasteiger partial charge in [-0.1, -0.05) is 326 Å². The van der Waals surface area contributed by atoms with Gasteiger partial charge in [0.05, 0.1) is 20.8 Å². The Balaban J connectivity index is 0.000000167. The van der Waals surface area contributed by atoms with Crippen LogP contribution in [0, 0.1) is 56.8 Å². The lowest BCUT2D eigenvalue weighted by Gasteiger charge is -2.08. The van der Waals surface area contributed by atoms with Gasteiger partial charge in [0, 0.05) is 22.3 Å². The number of hydrogen-bond donors (Lipinski definition) is 1. The molecule has 0 saturated carbocycles. The number of methoxy groups -OCH3 is 2. The number of benzene rings is 12. The fourth-order valence-corrected chi connectivity index (χ4v) is 9.27. The molecule has 0 amide bonds. The first-order valence-corrected chi connectivity index (χ1v) is 32.2. The number of hydrogen-bond acceptors (Lipinski definition) is 3. The van der Waals surface area contributed by atoms with Gasteiger partial charge in [-0.2, -0.15) is 0 Å². The molecule has 0 radical (unpaired) electrons. The van der Waals surface area contributed by atoms with E-state index in [1.54, 1.807) is 93.1 Å². The SMILES string of the molecule is COc1ccc(/C=C/c2ccccc2F)cc1.COc1cccc(/C=C/c2cccc(F)c2)c1CO.Cc1ccc(/C=C/c2ccc(C)cc2)cc1.Cc1ccc(/C=C/c2cccc(F)c2)cc1.Cc1ccc(/C=C/c2ccccc2F)cc1.Fc1ccccc1/C=C/c1ccccc1. The molecule has 0 aliphatic heterocycles. The Labute approximate surface area is 581 Å². The summed E-state index contributed by atoms with van der Waals surface area (Å²) in [5.41, 5.74) is 16.9. The van der Waals surface area contributed by atoms with Gasteiger partial charge in [-0.15, -0.1) is 0 Å². The van der Waals surface area contributed by atoms with Crippen molar-refractivity contribution >= 4 is 72.9 Å². The standard InChI is InChI=1S/C16H15FO2.C16H16.C15H13FO.2C15H13F.C14H11F/c1-19-16-7-3-5-13(15(16)11-18)9-8-12-4-2-6-14(17)10-12;1-13-3-7-15(8-4-13)11-12-16-9-5-14(2)6-10-16;1-17-14-10-7-12(8-11-14)6-9-13-4-2-3-5-15(13)16;1-12-5-7-13(8-6-12)9-10-14-3-2-4-15(16)11-14;1-12-6-8-13(9-7-12)10-11-14-4-2-3-5-15(14)16;15-14-9-5-4-8-13(14)11-10-12-6-2-1-3-7-12/h2-10,18H,11H2,1H3;3-12H,1-2H3;2-11H,1H3;2*2-11H,1H3;1-11H/b9-8+;12-11+;9-6+;10-9+;2*11-10+. The van der Waals surface area contributed by atoms with E-state index in [9.17, 15) is 27.1 Å². The number of aliphatic hydroxyl groups is 1. The molecule has 8 heteroatoms. The Morgan fingerprint density at radius 2 is 0.535 bits per heavy atom. The largest absolute Gasteiger partial charge is 0.497 e. The lowest BCUT2D eigenvalue weighted by atomic mass is 10.1. The average molecular weight is 1320 g/mol. The zero-order valence-corrected chi connectivity index (χ0v) is 56.5. The van der Waals surface area contributed by atoms with E-state index in [1.807, 2.05) is 177 Å². The van der Waals surface area contributed by atoms with E-state index in [0.29, 0.717) is 22.4 Å². The smallest absolute Gasteiger partial charge is 0.130 e. The van der Waals surface area contributed by atoms with Crippen LogP contribution in [0.1, 0.15) is 94.6 Å². The molecule has 0 heterocycles. The van der Waals surface area contributed by atoms with Crippen LogP contribution in [-0.4, -0.2) is 19.3 Å². The lowest BCUT2D eigenvalue weighted by molar-refractivity contribution is 0.273. The van der Waals surface area contributed by atoms with Crippen molar-refractivity contribution in [3.8, 4) is 11.5 Å². The molecule has 498 valence electrons. The maximum atomic E-state index is 13.3. The van der Waals surface area contributed by atoms with Gasteiger partial charge < -0.3 is 14.6 Å². The van der Waals surface area contributed by atoms with E-state index in [2.05, 4.69) is 93.6 Å². The van der Waals surface area contributed by atoms with Crippen molar-refractivity contribution in [2.75, 3.05) is 14.2 Å². The minimum Gasteiger partial charge on any atom is -0.497 e. The molecule has 1 N–H and O–H groups in total. The average Bonchev–Trinajstić information content (AvgIpc) is 2.57. The summed E-state index contributed by atoms with van der Waals surface area (Å²) in [6, 6.07) is 89.5. The molecule has 0 saturated heterocycles. The van der Waals surface area contributed by atoms with Crippen LogP contribution in [0.25, 0.3) is 72.9 Å². The molecule has 12 aromatic rings. The van der Waals surface area contributed by atoms with Crippen LogP contribution < -0.4 is 9.47 Å². The molecule has 0 spiro atoms. The van der Waals surface area contributed by atoms with Crippen molar-refractivity contribution in [2.45, 2.75) is 34.3 Å². The molecule has 12 aromatic carbocycles. The highest BCUT2D eigenvalue weighted by molar-refractivity contribution is 5.75. The summed E-state index contributed by atoms with van der Waals surface area (Å²) in [5, 5.41) is 9.40. The fourth-order valence-electron chi connectivity index (χ4n) is 9.27. The van der Waals surface area contributed by atoms with Gasteiger partial charge in [0.1, 0.15) is 40.6 Å². The Hall–Kier alpha value is -11.7. The van der Waals surface area contributed by atoms with Crippen LogP contribution in [0.3, 0.4) is 0 Å². The Bertz CT molecular complexity index is 4500. The number of rotatable bonds is 15. The monoisotopic (exact) mass is 1320 g/mol. The van der Waals surface area contributed by atoms with E-state index in [4.69, 9.17) is 9.47 Å². The van der Waals surface area contributed by atoms with E-state index in [1.165, 1.54) is 75.8 Å². The van der Waals surface area contributed by atoms with Crippen molar-refractivity contribution in [3.05, 3.63) is 415 Å². The molecule has 0 aromatic heterocycles. The Morgan fingerprint density at radius 3 is 0.869 bits per heavy atom. The molecule has 3 nitrogen and oxygen atoms in total. The number of aryl methyl sites for hydroxylation is 4. The van der Waals surface area contributed by atoms with E-state index >= 15 is 0 Å². The predicted octanol–water partition coefficient (Wildman–Crippen LogP) is 24.6. The van der Waals surface area contributed by atoms with E-state index in [-0.39, 0.29) is 35.7 Å². The lowest BCUT2D eigenvalue weighted by Crippen LogP contribution is -1.94. The summed E-state index contributed by atoms with van der Waals surface area (Å²) >= 11 is 0. The molecular weight excluding hydrogens is 1240 g/mol. The maximum absolute atomic E-state index is 13.3. The molecule has 0 unspecified atom stereocenters. The van der Waals surface area contributed by atoms with Gasteiger partial charge >= 0.3 is 0 Å². The summed E-state index contributed by atoms with van der Waals surface area (Å²) in [6.07, 6.45) is 22.8. The van der Waals surface area contributed by atoms with Crippen molar-refractivity contribution in [3.63, 3.8) is 0 Å². The zero-order valence-electron chi connectivity index (χ0n) is 56.5. The first kappa shape index (κ1) is 74.7. The van der Waals surface area contributed by atoms with Crippen LogP contribution in [0.15, 0.2) is 291 Å². The van der Waals surface area contributed by atoms with Crippen LogP contribution >= 0.6 is 0 Å². The highest BCUT2D eigenvalue weighted by atomic mass is 19.1. The summed E-state index contributed by atoms with van der Waals surface area (Å²) in [7, 11) is 3.19. The Morgan fingerprint density at radius 1 is 0.263 bits per heavy atom. The quantitative estimate of drug-likeness (QED) is 0.0821. The highest BCUT2D eigenvalue weighted by Gasteiger charge is 2.06. The number of ether oxygens (including phenoxy) is 2. The van der Waals surface area contributed by atoms with E-state index < -0.39 is 0 Å². The normalized spacial score (nSPS) is 10.8. The van der Waals surface area contributed by atoms with Gasteiger partial charge in [0.2, 0.25) is 0 Å². The topological polar surface area (TPSA) is 38.7 Å². The molecule has 0 bridgehead atoms. The number of aliphatic hydroxyl groups excluding tert-OH is 1. The number of halogens is 5. The summed E-state index contributed by atoms with van der Waals surface area (Å²) in [4.78, 5) is 0. The molecule has 12 rings (SSSR count). The first-order valence-electron chi connectivity index (χ1n) is 32.2. The van der Waals surface area contributed by atoms with Gasteiger partial charge in [0.15, 0.2) is 0 Å². The highest BCUT2D eigenvalue weighted by Crippen LogP contribution is 2.25. The molecule has 0 aliphatic rings. The van der Waals surface area contributed by atoms with Crippen LogP contribution in [-0.2, 0) is 6.61 Å². The van der Waals surface area contributed by atoms with Crippen molar-refractivity contribution < 1.29 is 36.5 Å². The van der Waals surface area contributed by atoms with Gasteiger partial charge in [-0.3, -0.25) is 0 Å². The molecular formula is C91H81F5O3. The summed E-state index contributed by atoms with van der Waals surface area (Å²) < 4.78 is 76.1. The Kier molecular flexibility index (Phi) is 31.2. The van der Waals surface area contributed by atoms with Gasteiger partial charge in [0.25, 0.3) is 0 Å². The minimum atomic E-state index is -0.268. The second-order valence-corrected chi connectivity index (χ2v) is 22.7. The molecule has 0 aliphatic carbocycles. The molecule has 99 heavy (non-hydrogen) atoms. The molecule has 0 atom stereocenters. The molecule has 0 fully saturated rings. The second-order valence-electron chi connectivity index (χ2n) is 22.7. The summed E-state index contributed by atoms with van der Waals surface area (Å²) in [6.45, 7) is 8.21. The third-order valence-corrected chi connectivity index (χ3v) is 14.9. The third-order valence-electron chi connectivity index (χ3n) is 14.9. The predicted molar refractivity (Wildman–Crippen MR) is 409 cm³/mol. The first-order chi connectivity index (χ1) is 48.1. The van der Waals surface area contributed by atoms with E-state index in [0.717, 1.165) is 50.3 Å². The van der Waals surface area contributed by atoms with Gasteiger partial charge in [-0.25, -0.2) is 22.0 Å². The van der Waals surface area contributed by atoms with Gasteiger partial charge in [-0.05, 0) is 138 Å². The van der Waals surface area contributed by atoms with Crippen molar-refractivity contribution in [1.29, 1.82) is 0 Å². The fraction of sp³-hybridized carbons (Fsp3) is 0.0769. The van der Waals surface area contributed by atoms with Crippen LogP contribution in [0.4, 0.5) is 22.0 Å². The zero-order chi connectivity index (χ0) is 70.4.